The summed E-state index contributed by atoms with van der Waals surface area (Å²) in [6.45, 7) is 0.692. The molecule has 0 rings (SSSR count). The molecule has 0 aromatic heterocycles. The van der Waals surface area contributed by atoms with E-state index in [1.54, 1.807) is 0 Å². The van der Waals surface area contributed by atoms with Gasteiger partial charge in [-0.25, -0.2) is 0 Å². The molecular weight excluding hydrogens is 222 g/mol. The van der Waals surface area contributed by atoms with Gasteiger partial charge in [-0.2, -0.15) is 0 Å². The average molecular weight is 235 g/mol. The molecule has 1 N–H and O–H groups in total. The van der Waals surface area contributed by atoms with Gasteiger partial charge in [0.05, 0.1) is 25.0 Å². The Kier molecular flexibility index (Phi) is 6.33. The molecule has 16 heavy (non-hydrogen) atoms. The standard InChI is InChI=1S/C7H13N3O6/c1-6(11)15-5-16-8-10(14)9(2)4-3-7(12)13/h3-5H2,1-2H3,(H,12,13). The predicted octanol–water partition coefficient (Wildman–Crippen LogP) is -0.277. The van der Waals surface area contributed by atoms with Crippen LogP contribution < -0.4 is 0 Å². The van der Waals surface area contributed by atoms with Gasteiger partial charge in [-0.1, -0.05) is 0 Å². The summed E-state index contributed by atoms with van der Waals surface area (Å²) in [4.78, 5) is 24.9. The van der Waals surface area contributed by atoms with Crippen LogP contribution in [-0.4, -0.2) is 47.4 Å². The van der Waals surface area contributed by atoms with E-state index in [1.807, 2.05) is 0 Å². The monoisotopic (exact) mass is 235 g/mol. The number of carboxylic acid groups (broad SMARTS) is 1. The van der Waals surface area contributed by atoms with Crippen LogP contribution >= 0.6 is 0 Å². The number of rotatable bonds is 7. The van der Waals surface area contributed by atoms with Crippen molar-refractivity contribution in [2.24, 2.45) is 5.28 Å². The minimum Gasteiger partial charge on any atom is -0.569 e. The minimum absolute atomic E-state index is 0.0146. The van der Waals surface area contributed by atoms with E-state index in [2.05, 4.69) is 14.9 Å². The zero-order valence-corrected chi connectivity index (χ0v) is 8.95. The van der Waals surface area contributed by atoms with Crippen LogP contribution in [0.1, 0.15) is 13.3 Å². The van der Waals surface area contributed by atoms with Crippen molar-refractivity contribution in [2.45, 2.75) is 13.3 Å². The van der Waals surface area contributed by atoms with Gasteiger partial charge >= 0.3 is 11.9 Å². The van der Waals surface area contributed by atoms with E-state index in [1.165, 1.54) is 14.0 Å². The summed E-state index contributed by atoms with van der Waals surface area (Å²) in [6.07, 6.45) is -0.200. The summed E-state index contributed by atoms with van der Waals surface area (Å²) < 4.78 is 4.34. The highest BCUT2D eigenvalue weighted by Crippen LogP contribution is 1.91. The van der Waals surface area contributed by atoms with Crippen molar-refractivity contribution in [3.05, 3.63) is 5.21 Å². The van der Waals surface area contributed by atoms with Gasteiger partial charge in [0.1, 0.15) is 0 Å². The van der Waals surface area contributed by atoms with Gasteiger partial charge in [-0.15, -0.1) is 5.01 Å². The van der Waals surface area contributed by atoms with Gasteiger partial charge in [-0.05, 0) is 0 Å². The molecule has 0 fully saturated rings. The molecule has 0 spiro atoms. The van der Waals surface area contributed by atoms with E-state index >= 15 is 0 Å². The van der Waals surface area contributed by atoms with Gasteiger partial charge in [0.2, 0.25) is 5.28 Å². The molecule has 0 amide bonds. The first-order valence-corrected chi connectivity index (χ1v) is 4.30. The first-order chi connectivity index (χ1) is 7.43. The summed E-state index contributed by atoms with van der Waals surface area (Å²) in [5, 5.41) is 23.4. The van der Waals surface area contributed by atoms with Crippen molar-refractivity contribution in [3.8, 4) is 0 Å². The van der Waals surface area contributed by atoms with Crippen LogP contribution in [0.15, 0.2) is 5.28 Å². The van der Waals surface area contributed by atoms with Crippen molar-refractivity contribution in [3.63, 3.8) is 0 Å². The zero-order valence-electron chi connectivity index (χ0n) is 8.95. The van der Waals surface area contributed by atoms with Crippen LogP contribution in [0.2, 0.25) is 0 Å². The van der Waals surface area contributed by atoms with Gasteiger partial charge in [0.15, 0.2) is 0 Å². The number of hydrazine groups is 1. The van der Waals surface area contributed by atoms with Gasteiger partial charge < -0.3 is 19.9 Å². The summed E-state index contributed by atoms with van der Waals surface area (Å²) >= 11 is 0. The normalized spacial score (nSPS) is 10.8. The fourth-order valence-corrected chi connectivity index (χ4v) is 0.588. The molecule has 9 nitrogen and oxygen atoms in total. The second-order valence-corrected chi connectivity index (χ2v) is 2.74. The van der Waals surface area contributed by atoms with E-state index in [0.717, 1.165) is 5.01 Å². The number of carboxylic acids is 1. The Hall–Kier alpha value is -2.06. The Morgan fingerprint density at radius 2 is 2.19 bits per heavy atom. The number of carbonyl (C=O) groups excluding carboxylic acids is 1. The third-order valence-electron chi connectivity index (χ3n) is 1.38. The Morgan fingerprint density at radius 1 is 1.56 bits per heavy atom. The maximum atomic E-state index is 11.0. The molecule has 0 bridgehead atoms. The van der Waals surface area contributed by atoms with E-state index in [-0.39, 0.29) is 17.9 Å². The Labute approximate surface area is 91.4 Å². The molecule has 0 radical (unpaired) electrons. The summed E-state index contributed by atoms with van der Waals surface area (Å²) in [5.74, 6) is -1.59. The lowest BCUT2D eigenvalue weighted by Gasteiger charge is -2.10. The number of hydrogen-bond acceptors (Lipinski definition) is 6. The predicted molar refractivity (Wildman–Crippen MR) is 48.7 cm³/mol. The number of aliphatic carboxylic acids is 1. The molecule has 0 aliphatic carbocycles. The maximum absolute atomic E-state index is 11.0. The smallest absolute Gasteiger partial charge is 0.305 e. The molecule has 0 aromatic carbocycles. The largest absolute Gasteiger partial charge is 0.569 e. The Balaban J connectivity index is 3.82. The van der Waals surface area contributed by atoms with Gasteiger partial charge in [0.25, 0.3) is 6.79 Å². The zero-order chi connectivity index (χ0) is 12.6. The first-order valence-electron chi connectivity index (χ1n) is 4.30. The van der Waals surface area contributed by atoms with Crippen LogP contribution in [0.25, 0.3) is 0 Å². The van der Waals surface area contributed by atoms with E-state index in [0.29, 0.717) is 0 Å². The number of ether oxygens (including phenoxy) is 1. The van der Waals surface area contributed by atoms with Crippen molar-refractivity contribution in [1.29, 1.82) is 0 Å². The Morgan fingerprint density at radius 3 is 2.69 bits per heavy atom. The van der Waals surface area contributed by atoms with E-state index < -0.39 is 18.7 Å². The summed E-state index contributed by atoms with van der Waals surface area (Å²) in [6, 6.07) is 0. The molecule has 92 valence electrons. The van der Waals surface area contributed by atoms with Crippen LogP contribution in [0, 0.1) is 5.21 Å². The van der Waals surface area contributed by atoms with E-state index in [9.17, 15) is 14.8 Å². The lowest BCUT2D eigenvalue weighted by atomic mass is 10.4. The first kappa shape index (κ1) is 13.9. The highest BCUT2D eigenvalue weighted by Gasteiger charge is 2.08. The van der Waals surface area contributed by atoms with Crippen LogP contribution in [0.3, 0.4) is 0 Å². The summed E-state index contributed by atoms with van der Waals surface area (Å²) in [5.41, 5.74) is 0. The van der Waals surface area contributed by atoms with Crippen LogP contribution in [-0.2, 0) is 19.2 Å². The number of carbonyl (C=O) groups is 2. The highest BCUT2D eigenvalue weighted by atomic mass is 16.8. The SMILES string of the molecule is CC(=O)OCON=[N+]([O-])N(C)CCC(=O)O. The second kappa shape index (κ2) is 7.26. The molecule has 0 aromatic rings. The molecular formula is C7H13N3O6. The van der Waals surface area contributed by atoms with Crippen molar-refractivity contribution in [2.75, 3.05) is 20.4 Å². The molecule has 0 atom stereocenters. The van der Waals surface area contributed by atoms with Crippen LogP contribution in [0.4, 0.5) is 0 Å². The van der Waals surface area contributed by atoms with Crippen LogP contribution in [0.5, 0.6) is 0 Å². The van der Waals surface area contributed by atoms with Gasteiger partial charge in [0, 0.05) is 6.92 Å². The van der Waals surface area contributed by atoms with Gasteiger partial charge in [-0.3, -0.25) is 9.59 Å². The third kappa shape index (κ3) is 7.35. The fraction of sp³-hybridized carbons (Fsp3) is 0.714. The minimum atomic E-state index is -1.03. The van der Waals surface area contributed by atoms with E-state index in [4.69, 9.17) is 5.11 Å². The van der Waals surface area contributed by atoms with Crippen molar-refractivity contribution >= 4 is 11.9 Å². The molecule has 0 saturated carbocycles. The maximum Gasteiger partial charge on any atom is 0.305 e. The molecule has 0 unspecified atom stereocenters. The molecule has 0 saturated heterocycles. The number of nitrogens with zero attached hydrogens (tertiary/aromatic N) is 3. The highest BCUT2D eigenvalue weighted by molar-refractivity contribution is 5.66. The topological polar surface area (TPSA) is 114 Å². The summed E-state index contributed by atoms with van der Waals surface area (Å²) in [7, 11) is 1.34. The quantitative estimate of drug-likeness (QED) is 0.161. The van der Waals surface area contributed by atoms with Crippen molar-refractivity contribution in [1.82, 2.24) is 5.01 Å². The number of hydrogen-bond donors (Lipinski definition) is 1. The molecule has 9 heteroatoms. The average Bonchev–Trinajstić information content (AvgIpc) is 2.20. The number of esters is 1. The lowest BCUT2D eigenvalue weighted by molar-refractivity contribution is -0.706. The molecule has 0 aliphatic heterocycles. The van der Waals surface area contributed by atoms with Crippen molar-refractivity contribution < 1.29 is 29.2 Å². The molecule has 0 heterocycles. The second-order valence-electron chi connectivity index (χ2n) is 2.74. The third-order valence-corrected chi connectivity index (χ3v) is 1.38. The molecule has 0 aliphatic rings. The Bertz CT molecular complexity index is 279. The lowest BCUT2D eigenvalue weighted by Crippen LogP contribution is -2.28. The fourth-order valence-electron chi connectivity index (χ4n) is 0.588.